The van der Waals surface area contributed by atoms with Gasteiger partial charge < -0.3 is 5.73 Å². The topological polar surface area (TPSA) is 69.2 Å². The fourth-order valence-corrected chi connectivity index (χ4v) is 2.84. The largest absolute Gasteiger partial charge is 0.393 e. The number of nitrogens with two attached hydrogens (primary N) is 1. The van der Waals surface area contributed by atoms with Gasteiger partial charge in [0.15, 0.2) is 0 Å². The van der Waals surface area contributed by atoms with E-state index in [4.69, 9.17) is 28.9 Å². The molecule has 0 aliphatic rings. The Hall–Kier alpha value is -1.43. The van der Waals surface area contributed by atoms with Crippen molar-refractivity contribution >= 4 is 46.3 Å². The van der Waals surface area contributed by atoms with Gasteiger partial charge in [-0.25, -0.2) is 0 Å². The van der Waals surface area contributed by atoms with Gasteiger partial charge in [0, 0.05) is 20.9 Å². The minimum Gasteiger partial charge on any atom is -0.393 e. The van der Waals surface area contributed by atoms with Gasteiger partial charge in [-0.15, -0.1) is 0 Å². The van der Waals surface area contributed by atoms with E-state index < -0.39 is 4.92 Å². The molecular formula is C12H8Cl2N2O2S. The highest BCUT2D eigenvalue weighted by atomic mass is 35.5. The maximum Gasteiger partial charge on any atom is 0.292 e. The van der Waals surface area contributed by atoms with Crippen LogP contribution in [0.15, 0.2) is 46.2 Å². The molecule has 0 heterocycles. The van der Waals surface area contributed by atoms with E-state index in [1.165, 1.54) is 17.8 Å². The van der Waals surface area contributed by atoms with Gasteiger partial charge in [-0.1, -0.05) is 35.0 Å². The summed E-state index contributed by atoms with van der Waals surface area (Å²) in [6, 6.07) is 9.65. The highest BCUT2D eigenvalue weighted by molar-refractivity contribution is 7.99. The van der Waals surface area contributed by atoms with Crippen molar-refractivity contribution in [2.24, 2.45) is 0 Å². The quantitative estimate of drug-likeness (QED) is 0.509. The molecule has 0 unspecified atom stereocenters. The number of benzene rings is 2. The molecule has 7 heteroatoms. The number of halogens is 2. The summed E-state index contributed by atoms with van der Waals surface area (Å²) < 4.78 is 0. The molecule has 2 aromatic rings. The predicted molar refractivity (Wildman–Crippen MR) is 78.1 cm³/mol. The number of hydrogen-bond acceptors (Lipinski definition) is 4. The van der Waals surface area contributed by atoms with E-state index in [1.54, 1.807) is 30.3 Å². The average molecular weight is 315 g/mol. The Kier molecular flexibility index (Phi) is 4.19. The van der Waals surface area contributed by atoms with Crippen molar-refractivity contribution in [2.75, 3.05) is 5.73 Å². The molecule has 4 nitrogen and oxygen atoms in total. The Morgan fingerprint density at radius 3 is 2.53 bits per heavy atom. The van der Waals surface area contributed by atoms with Gasteiger partial charge in [0.1, 0.15) is 5.69 Å². The lowest BCUT2D eigenvalue weighted by Crippen LogP contribution is -1.95. The van der Waals surface area contributed by atoms with E-state index in [9.17, 15) is 10.1 Å². The normalized spacial score (nSPS) is 10.4. The van der Waals surface area contributed by atoms with E-state index in [1.807, 2.05) is 0 Å². The molecule has 0 aliphatic carbocycles. The number of anilines is 1. The number of nitro groups is 1. The summed E-state index contributed by atoms with van der Waals surface area (Å²) in [4.78, 5) is 11.7. The van der Waals surface area contributed by atoms with Crippen LogP contribution in [0.3, 0.4) is 0 Å². The smallest absolute Gasteiger partial charge is 0.292 e. The Morgan fingerprint density at radius 2 is 1.89 bits per heavy atom. The number of rotatable bonds is 3. The van der Waals surface area contributed by atoms with Gasteiger partial charge in [0.25, 0.3) is 5.69 Å². The number of nitrogen functional groups attached to an aromatic ring is 1. The van der Waals surface area contributed by atoms with Gasteiger partial charge in [-0.2, -0.15) is 0 Å². The fourth-order valence-electron chi connectivity index (χ4n) is 1.44. The first-order valence-corrected chi connectivity index (χ1v) is 6.71. The Morgan fingerprint density at radius 1 is 1.16 bits per heavy atom. The standard InChI is InChI=1S/C12H8Cl2N2O2S/c13-7-1-3-9(14)12(5-7)19-8-2-4-11(16(17)18)10(15)6-8/h1-6H,15H2. The summed E-state index contributed by atoms with van der Waals surface area (Å²) in [5.74, 6) is 0. The van der Waals surface area contributed by atoms with E-state index >= 15 is 0 Å². The zero-order valence-corrected chi connectivity index (χ0v) is 11.8. The monoisotopic (exact) mass is 314 g/mol. The van der Waals surface area contributed by atoms with Gasteiger partial charge in [0.05, 0.1) is 9.95 Å². The van der Waals surface area contributed by atoms with Crippen LogP contribution in [0.25, 0.3) is 0 Å². The van der Waals surface area contributed by atoms with Crippen LogP contribution in [0.2, 0.25) is 10.0 Å². The molecule has 2 rings (SSSR count). The van der Waals surface area contributed by atoms with Crippen molar-refractivity contribution in [3.8, 4) is 0 Å². The van der Waals surface area contributed by atoms with E-state index in [-0.39, 0.29) is 11.4 Å². The molecule has 19 heavy (non-hydrogen) atoms. The maximum atomic E-state index is 10.7. The molecule has 0 bridgehead atoms. The highest BCUT2D eigenvalue weighted by Gasteiger charge is 2.12. The highest BCUT2D eigenvalue weighted by Crippen LogP contribution is 2.37. The molecule has 0 spiro atoms. The first kappa shape index (κ1) is 14.0. The molecule has 0 saturated heterocycles. The molecule has 2 N–H and O–H groups in total. The van der Waals surface area contributed by atoms with Gasteiger partial charge in [-0.3, -0.25) is 10.1 Å². The molecule has 0 amide bonds. The molecule has 0 aromatic heterocycles. The number of hydrogen-bond donors (Lipinski definition) is 1. The molecule has 0 atom stereocenters. The zero-order chi connectivity index (χ0) is 14.0. The lowest BCUT2D eigenvalue weighted by Gasteiger charge is -2.05. The van der Waals surface area contributed by atoms with Crippen molar-refractivity contribution < 1.29 is 4.92 Å². The van der Waals surface area contributed by atoms with Crippen LogP contribution in [0.1, 0.15) is 0 Å². The first-order chi connectivity index (χ1) is 8.97. The van der Waals surface area contributed by atoms with E-state index in [2.05, 4.69) is 0 Å². The second-order valence-corrected chi connectivity index (χ2v) is 5.61. The molecule has 0 saturated carbocycles. The van der Waals surface area contributed by atoms with Gasteiger partial charge in [-0.05, 0) is 30.3 Å². The minimum absolute atomic E-state index is 0.110. The summed E-state index contributed by atoms with van der Waals surface area (Å²) >= 11 is 13.3. The van der Waals surface area contributed by atoms with Crippen LogP contribution in [-0.4, -0.2) is 4.92 Å². The summed E-state index contributed by atoms with van der Waals surface area (Å²) in [7, 11) is 0. The van der Waals surface area contributed by atoms with Crippen LogP contribution in [0.5, 0.6) is 0 Å². The first-order valence-electron chi connectivity index (χ1n) is 5.14. The molecular weight excluding hydrogens is 307 g/mol. The SMILES string of the molecule is Nc1cc(Sc2cc(Cl)ccc2Cl)ccc1[N+](=O)[O-]. The second-order valence-electron chi connectivity index (χ2n) is 3.65. The third kappa shape index (κ3) is 3.32. The number of nitrogens with zero attached hydrogens (tertiary/aromatic N) is 1. The minimum atomic E-state index is -0.518. The third-order valence-electron chi connectivity index (χ3n) is 2.32. The van der Waals surface area contributed by atoms with Crippen LogP contribution >= 0.6 is 35.0 Å². The van der Waals surface area contributed by atoms with E-state index in [0.717, 1.165) is 9.79 Å². The summed E-state index contributed by atoms with van der Waals surface area (Å²) in [6.45, 7) is 0. The third-order valence-corrected chi connectivity index (χ3v) is 4.04. The van der Waals surface area contributed by atoms with Gasteiger partial charge in [0.2, 0.25) is 0 Å². The summed E-state index contributed by atoms with van der Waals surface area (Å²) in [6.07, 6.45) is 0. The summed E-state index contributed by atoms with van der Waals surface area (Å²) in [5, 5.41) is 11.8. The molecule has 0 aliphatic heterocycles. The van der Waals surface area contributed by atoms with Crippen molar-refractivity contribution in [1.29, 1.82) is 0 Å². The zero-order valence-electron chi connectivity index (χ0n) is 9.47. The molecule has 0 fully saturated rings. The molecule has 2 aromatic carbocycles. The Labute approximate surface area is 123 Å². The number of nitro benzene ring substituents is 1. The van der Waals surface area contributed by atoms with E-state index in [0.29, 0.717) is 10.0 Å². The van der Waals surface area contributed by atoms with Crippen LogP contribution in [-0.2, 0) is 0 Å². The predicted octanol–water partition coefficient (Wildman–Crippen LogP) is 4.64. The van der Waals surface area contributed by atoms with Gasteiger partial charge >= 0.3 is 0 Å². The van der Waals surface area contributed by atoms with Crippen molar-refractivity contribution in [3.05, 3.63) is 56.6 Å². The van der Waals surface area contributed by atoms with Crippen LogP contribution in [0, 0.1) is 10.1 Å². The second kappa shape index (κ2) is 5.69. The Balaban J connectivity index is 2.31. The van der Waals surface area contributed by atoms with Crippen LogP contribution in [0.4, 0.5) is 11.4 Å². The van der Waals surface area contributed by atoms with Crippen molar-refractivity contribution in [3.63, 3.8) is 0 Å². The summed E-state index contributed by atoms with van der Waals surface area (Å²) in [5.41, 5.74) is 5.64. The van der Waals surface area contributed by atoms with Crippen LogP contribution < -0.4 is 5.73 Å². The average Bonchev–Trinajstić information content (AvgIpc) is 2.33. The lowest BCUT2D eigenvalue weighted by atomic mass is 10.3. The van der Waals surface area contributed by atoms with Crippen molar-refractivity contribution in [2.45, 2.75) is 9.79 Å². The maximum absolute atomic E-state index is 10.7. The van der Waals surface area contributed by atoms with Crippen molar-refractivity contribution in [1.82, 2.24) is 0 Å². The molecule has 98 valence electrons. The molecule has 0 radical (unpaired) electrons. The lowest BCUT2D eigenvalue weighted by molar-refractivity contribution is -0.383. The Bertz CT molecular complexity index is 650. The fraction of sp³-hybridized carbons (Fsp3) is 0.